The summed E-state index contributed by atoms with van der Waals surface area (Å²) in [6, 6.07) is 7.48. The minimum Gasteiger partial charge on any atom is -0.492 e. The van der Waals surface area contributed by atoms with Crippen molar-refractivity contribution in [2.75, 3.05) is 17.7 Å². The first kappa shape index (κ1) is 21.9. The zero-order chi connectivity index (χ0) is 21.8. The van der Waals surface area contributed by atoms with Crippen LogP contribution >= 0.6 is 23.1 Å². The summed E-state index contributed by atoms with van der Waals surface area (Å²) in [5.74, 6) is 2.52. The third-order valence-corrected chi connectivity index (χ3v) is 7.49. The molecule has 1 aromatic carbocycles. The fourth-order valence-electron chi connectivity index (χ4n) is 3.91. The summed E-state index contributed by atoms with van der Waals surface area (Å²) in [5.41, 5.74) is 3.34. The fourth-order valence-corrected chi connectivity index (χ4v) is 5.96. The van der Waals surface area contributed by atoms with Gasteiger partial charge in [-0.1, -0.05) is 30.8 Å². The lowest BCUT2D eigenvalue weighted by molar-refractivity contribution is -0.113. The zero-order valence-corrected chi connectivity index (χ0v) is 19.8. The number of benzene rings is 1. The van der Waals surface area contributed by atoms with E-state index in [9.17, 15) is 4.79 Å². The molecule has 6 nitrogen and oxygen atoms in total. The molecule has 0 aliphatic heterocycles. The molecule has 1 aliphatic rings. The minimum absolute atomic E-state index is 0.0914. The molecule has 1 N–H and O–H groups in total. The van der Waals surface area contributed by atoms with E-state index in [1.54, 1.807) is 0 Å². The van der Waals surface area contributed by atoms with Crippen LogP contribution in [0.25, 0.3) is 11.4 Å². The molecule has 4 rings (SSSR count). The lowest BCUT2D eigenvalue weighted by Gasteiger charge is -2.19. The van der Waals surface area contributed by atoms with Gasteiger partial charge in [-0.05, 0) is 56.7 Å². The molecule has 0 spiro atoms. The van der Waals surface area contributed by atoms with Crippen LogP contribution in [0, 0.1) is 5.92 Å². The lowest BCUT2D eigenvalue weighted by Crippen LogP contribution is -2.15. The van der Waals surface area contributed by atoms with Gasteiger partial charge in [0, 0.05) is 22.4 Å². The summed E-state index contributed by atoms with van der Waals surface area (Å²) in [4.78, 5) is 14.0. The van der Waals surface area contributed by atoms with Crippen molar-refractivity contribution < 1.29 is 9.53 Å². The predicted octanol–water partition coefficient (Wildman–Crippen LogP) is 5.28. The highest BCUT2D eigenvalue weighted by Crippen LogP contribution is 2.38. The zero-order valence-electron chi connectivity index (χ0n) is 18.2. The number of carbonyl (C=O) groups is 1. The number of fused-ring (bicyclic) bond motifs is 1. The van der Waals surface area contributed by atoms with E-state index in [1.165, 1.54) is 34.2 Å². The van der Waals surface area contributed by atoms with E-state index < -0.39 is 0 Å². The number of hydrogen-bond donors (Lipinski definition) is 1. The van der Waals surface area contributed by atoms with Crippen LogP contribution in [0.3, 0.4) is 0 Å². The van der Waals surface area contributed by atoms with Gasteiger partial charge in [0.05, 0.1) is 18.0 Å². The minimum atomic E-state index is -0.0914. The number of aromatic nitrogens is 3. The van der Waals surface area contributed by atoms with Gasteiger partial charge in [0.25, 0.3) is 0 Å². The van der Waals surface area contributed by atoms with Crippen LogP contribution in [-0.2, 0) is 24.2 Å². The number of nitrogens with one attached hydrogen (secondary N) is 1. The highest BCUT2D eigenvalue weighted by atomic mass is 32.2. The molecule has 0 radical (unpaired) electrons. The second-order valence-electron chi connectivity index (χ2n) is 7.72. The van der Waals surface area contributed by atoms with Gasteiger partial charge >= 0.3 is 0 Å². The molecule has 1 amide bonds. The summed E-state index contributed by atoms with van der Waals surface area (Å²) in [6.07, 6.45) is 3.49. The summed E-state index contributed by atoms with van der Waals surface area (Å²) >= 11 is 3.25. The summed E-state index contributed by atoms with van der Waals surface area (Å²) in [7, 11) is 0. The predicted molar refractivity (Wildman–Crippen MR) is 127 cm³/mol. The topological polar surface area (TPSA) is 69.0 Å². The number of anilines is 1. The molecule has 31 heavy (non-hydrogen) atoms. The van der Waals surface area contributed by atoms with Gasteiger partial charge < -0.3 is 14.6 Å². The molecule has 1 unspecified atom stereocenters. The van der Waals surface area contributed by atoms with E-state index >= 15 is 0 Å². The van der Waals surface area contributed by atoms with Crippen molar-refractivity contribution in [2.45, 2.75) is 51.7 Å². The van der Waals surface area contributed by atoms with Gasteiger partial charge in [0.2, 0.25) is 5.91 Å². The van der Waals surface area contributed by atoms with Crippen LogP contribution in [-0.4, -0.2) is 33.0 Å². The van der Waals surface area contributed by atoms with E-state index in [0.29, 0.717) is 18.0 Å². The molecule has 0 saturated heterocycles. The molecular formula is C23H28N4O2S2. The fraction of sp³-hybridized carbons (Fsp3) is 0.435. The quantitative estimate of drug-likeness (QED) is 0.467. The van der Waals surface area contributed by atoms with Crippen molar-refractivity contribution >= 4 is 34.7 Å². The van der Waals surface area contributed by atoms with Crippen LogP contribution in [0.1, 0.15) is 37.6 Å². The van der Waals surface area contributed by atoms with Gasteiger partial charge in [-0.3, -0.25) is 4.79 Å². The number of amides is 1. The number of ether oxygens (including phenoxy) is 1. The van der Waals surface area contributed by atoms with Crippen LogP contribution in [0.2, 0.25) is 0 Å². The Bertz CT molecular complexity index is 1060. The van der Waals surface area contributed by atoms with E-state index in [0.717, 1.165) is 36.3 Å². The Morgan fingerprint density at radius 1 is 1.32 bits per heavy atom. The van der Waals surface area contributed by atoms with Gasteiger partial charge in [-0.25, -0.2) is 0 Å². The van der Waals surface area contributed by atoms with E-state index in [2.05, 4.69) is 39.3 Å². The standard InChI is InChI=1S/C23H28N4O2S2/c1-4-27-22(17-13-30-20-12-15(3)10-11-16(17)20)25-26-23(27)31-14-21(28)24-18-8-6-7-9-19(18)29-5-2/h6-9,13,15H,4-5,10-12,14H2,1-3H3,(H,24,28). The molecule has 1 atom stereocenters. The normalized spacial score (nSPS) is 15.5. The first-order chi connectivity index (χ1) is 15.1. The molecular weight excluding hydrogens is 428 g/mol. The van der Waals surface area contributed by atoms with Crippen molar-refractivity contribution in [3.8, 4) is 17.1 Å². The smallest absolute Gasteiger partial charge is 0.234 e. The largest absolute Gasteiger partial charge is 0.492 e. The molecule has 1 aliphatic carbocycles. The van der Waals surface area contributed by atoms with E-state index in [4.69, 9.17) is 4.74 Å². The van der Waals surface area contributed by atoms with Crippen molar-refractivity contribution in [1.29, 1.82) is 0 Å². The Morgan fingerprint density at radius 3 is 2.97 bits per heavy atom. The Kier molecular flexibility index (Phi) is 6.97. The third kappa shape index (κ3) is 4.80. The molecule has 0 saturated carbocycles. The van der Waals surface area contributed by atoms with Gasteiger partial charge in [0.15, 0.2) is 11.0 Å². The first-order valence-corrected chi connectivity index (χ1v) is 12.6. The van der Waals surface area contributed by atoms with Crippen LogP contribution in [0.15, 0.2) is 34.8 Å². The molecule has 164 valence electrons. The van der Waals surface area contributed by atoms with Crippen molar-refractivity contribution in [2.24, 2.45) is 5.92 Å². The second kappa shape index (κ2) is 9.87. The maximum Gasteiger partial charge on any atom is 0.234 e. The molecule has 8 heteroatoms. The number of para-hydroxylation sites is 2. The average molecular weight is 457 g/mol. The van der Waals surface area contributed by atoms with E-state index in [1.807, 2.05) is 42.5 Å². The maximum absolute atomic E-state index is 12.6. The second-order valence-corrected chi connectivity index (χ2v) is 9.62. The number of hydrogen-bond acceptors (Lipinski definition) is 6. The van der Waals surface area contributed by atoms with Crippen LogP contribution < -0.4 is 10.1 Å². The van der Waals surface area contributed by atoms with Crippen LogP contribution in [0.4, 0.5) is 5.69 Å². The first-order valence-electron chi connectivity index (χ1n) is 10.8. The van der Waals surface area contributed by atoms with Crippen molar-refractivity contribution in [3.63, 3.8) is 0 Å². The van der Waals surface area contributed by atoms with Crippen molar-refractivity contribution in [1.82, 2.24) is 14.8 Å². The highest BCUT2D eigenvalue weighted by molar-refractivity contribution is 7.99. The average Bonchev–Trinajstić information content (AvgIpc) is 3.36. The van der Waals surface area contributed by atoms with E-state index in [-0.39, 0.29) is 11.7 Å². The van der Waals surface area contributed by atoms with Crippen molar-refractivity contribution in [3.05, 3.63) is 40.1 Å². The lowest BCUT2D eigenvalue weighted by atomic mass is 9.88. The molecule has 0 bridgehead atoms. The molecule has 3 aromatic rings. The van der Waals surface area contributed by atoms with Gasteiger partial charge in [-0.15, -0.1) is 21.5 Å². The molecule has 2 aromatic heterocycles. The number of rotatable bonds is 8. The third-order valence-electron chi connectivity index (χ3n) is 5.47. The Hall–Kier alpha value is -2.32. The van der Waals surface area contributed by atoms with Crippen LogP contribution in [0.5, 0.6) is 5.75 Å². The Morgan fingerprint density at radius 2 is 2.16 bits per heavy atom. The number of nitrogens with zero attached hydrogens (tertiary/aromatic N) is 3. The Balaban J connectivity index is 1.46. The summed E-state index contributed by atoms with van der Waals surface area (Å²) in [5, 5.41) is 14.9. The number of thioether (sulfide) groups is 1. The monoisotopic (exact) mass is 456 g/mol. The SMILES string of the molecule is CCOc1ccccc1NC(=O)CSc1nnc(-c2csc3c2CCC(C)C3)n1CC. The maximum atomic E-state index is 12.6. The summed E-state index contributed by atoms with van der Waals surface area (Å²) in [6.45, 7) is 7.66. The molecule has 0 fully saturated rings. The van der Waals surface area contributed by atoms with Gasteiger partial charge in [-0.2, -0.15) is 0 Å². The van der Waals surface area contributed by atoms with Gasteiger partial charge in [0.1, 0.15) is 5.75 Å². The summed E-state index contributed by atoms with van der Waals surface area (Å²) < 4.78 is 7.70. The number of carbonyl (C=O) groups excluding carboxylic acids is 1. The Labute approximate surface area is 191 Å². The number of thiophene rings is 1. The molecule has 2 heterocycles. The highest BCUT2D eigenvalue weighted by Gasteiger charge is 2.24.